The normalized spacial score (nSPS) is 15.4. The first-order chi connectivity index (χ1) is 6.11. The molecule has 1 nitrogen and oxygen atoms in total. The third kappa shape index (κ3) is 2.98. The van der Waals surface area contributed by atoms with E-state index in [9.17, 15) is 4.39 Å². The van der Waals surface area contributed by atoms with E-state index in [4.69, 9.17) is 17.3 Å². The van der Waals surface area contributed by atoms with Gasteiger partial charge in [-0.25, -0.2) is 4.39 Å². The minimum absolute atomic E-state index is 0.289. The van der Waals surface area contributed by atoms with Gasteiger partial charge in [-0.1, -0.05) is 29.8 Å². The largest absolute Gasteiger partial charge is 0.325 e. The van der Waals surface area contributed by atoms with Crippen molar-refractivity contribution in [3.8, 4) is 0 Å². The molecule has 0 saturated carbocycles. The maximum Gasteiger partial charge on any atom is 0.119 e. The van der Waals surface area contributed by atoms with Gasteiger partial charge in [0.1, 0.15) is 6.17 Å². The Bertz CT molecular complexity index is 275. The van der Waals surface area contributed by atoms with Gasteiger partial charge in [0.25, 0.3) is 0 Å². The van der Waals surface area contributed by atoms with Crippen molar-refractivity contribution in [2.45, 2.75) is 25.6 Å². The Balaban J connectivity index is 2.69. The first-order valence-corrected chi connectivity index (χ1v) is 4.62. The van der Waals surface area contributed by atoms with Crippen molar-refractivity contribution < 1.29 is 4.39 Å². The number of halogens is 2. The lowest BCUT2D eigenvalue weighted by Gasteiger charge is -2.12. The molecular weight excluding hydrogens is 189 g/mol. The average molecular weight is 202 g/mol. The summed E-state index contributed by atoms with van der Waals surface area (Å²) in [5.74, 6) is 0. The number of hydrogen-bond acceptors (Lipinski definition) is 1. The summed E-state index contributed by atoms with van der Waals surface area (Å²) < 4.78 is 13.2. The van der Waals surface area contributed by atoms with E-state index in [-0.39, 0.29) is 6.42 Å². The number of nitrogens with two attached hydrogens (primary N) is 1. The molecular formula is C10H13ClFN. The molecule has 3 heteroatoms. The predicted molar refractivity (Wildman–Crippen MR) is 53.7 cm³/mol. The SMILES string of the molecule is CC(N)C(F)Cc1ccccc1Cl. The molecule has 0 heterocycles. The quantitative estimate of drug-likeness (QED) is 0.799. The van der Waals surface area contributed by atoms with Crippen molar-refractivity contribution in [1.82, 2.24) is 0 Å². The lowest BCUT2D eigenvalue weighted by molar-refractivity contribution is 0.290. The van der Waals surface area contributed by atoms with Gasteiger partial charge in [0.2, 0.25) is 0 Å². The minimum Gasteiger partial charge on any atom is -0.325 e. The summed E-state index contributed by atoms with van der Waals surface area (Å²) >= 11 is 5.87. The lowest BCUT2D eigenvalue weighted by atomic mass is 10.1. The Morgan fingerprint density at radius 2 is 2.08 bits per heavy atom. The molecule has 1 aromatic carbocycles. The fourth-order valence-electron chi connectivity index (χ4n) is 1.06. The first-order valence-electron chi connectivity index (χ1n) is 4.24. The topological polar surface area (TPSA) is 26.0 Å². The predicted octanol–water partition coefficient (Wildman–Crippen LogP) is 2.57. The molecule has 0 amide bonds. The molecule has 0 aliphatic rings. The highest BCUT2D eigenvalue weighted by Crippen LogP contribution is 2.18. The van der Waals surface area contributed by atoms with Crippen molar-refractivity contribution in [3.05, 3.63) is 34.9 Å². The average Bonchev–Trinajstić information content (AvgIpc) is 2.08. The van der Waals surface area contributed by atoms with Crippen LogP contribution < -0.4 is 5.73 Å². The molecule has 0 aliphatic heterocycles. The van der Waals surface area contributed by atoms with Crippen LogP contribution in [-0.4, -0.2) is 12.2 Å². The van der Waals surface area contributed by atoms with Gasteiger partial charge in [0.15, 0.2) is 0 Å². The Kier molecular flexibility index (Phi) is 3.70. The van der Waals surface area contributed by atoms with E-state index in [0.29, 0.717) is 5.02 Å². The number of hydrogen-bond donors (Lipinski definition) is 1. The van der Waals surface area contributed by atoms with Crippen LogP contribution in [0.3, 0.4) is 0 Å². The van der Waals surface area contributed by atoms with Crippen LogP contribution in [0.2, 0.25) is 5.02 Å². The van der Waals surface area contributed by atoms with Crippen LogP contribution in [-0.2, 0) is 6.42 Å². The second-order valence-electron chi connectivity index (χ2n) is 3.17. The molecule has 2 unspecified atom stereocenters. The third-order valence-electron chi connectivity index (χ3n) is 1.94. The fraction of sp³-hybridized carbons (Fsp3) is 0.400. The van der Waals surface area contributed by atoms with Crippen LogP contribution >= 0.6 is 11.6 Å². The van der Waals surface area contributed by atoms with E-state index in [1.807, 2.05) is 18.2 Å². The second kappa shape index (κ2) is 4.58. The lowest BCUT2D eigenvalue weighted by Crippen LogP contribution is -2.29. The van der Waals surface area contributed by atoms with Gasteiger partial charge in [-0.05, 0) is 18.6 Å². The van der Waals surface area contributed by atoms with Crippen molar-refractivity contribution in [3.63, 3.8) is 0 Å². The third-order valence-corrected chi connectivity index (χ3v) is 2.31. The summed E-state index contributed by atoms with van der Waals surface area (Å²) in [6, 6.07) is 6.79. The molecule has 0 radical (unpaired) electrons. The van der Waals surface area contributed by atoms with Gasteiger partial charge in [-0.15, -0.1) is 0 Å². The standard InChI is InChI=1S/C10H13ClFN/c1-7(13)10(12)6-8-4-2-3-5-9(8)11/h2-5,7,10H,6,13H2,1H3. The van der Waals surface area contributed by atoms with E-state index >= 15 is 0 Å². The van der Waals surface area contributed by atoms with Crippen LogP contribution in [0.5, 0.6) is 0 Å². The molecule has 0 spiro atoms. The summed E-state index contributed by atoms with van der Waals surface area (Å²) in [6.07, 6.45) is -0.739. The monoisotopic (exact) mass is 201 g/mol. The minimum atomic E-state index is -1.03. The Hall–Kier alpha value is -0.600. The Morgan fingerprint density at radius 3 is 2.62 bits per heavy atom. The summed E-state index contributed by atoms with van der Waals surface area (Å²) in [5, 5.41) is 0.603. The van der Waals surface area contributed by atoms with E-state index in [1.165, 1.54) is 0 Å². The fourth-order valence-corrected chi connectivity index (χ4v) is 1.27. The highest BCUT2D eigenvalue weighted by molar-refractivity contribution is 6.31. The molecule has 0 aliphatic carbocycles. The summed E-state index contributed by atoms with van der Waals surface area (Å²) in [6.45, 7) is 1.65. The van der Waals surface area contributed by atoms with Crippen molar-refractivity contribution in [2.24, 2.45) is 5.73 Å². The van der Waals surface area contributed by atoms with Crippen molar-refractivity contribution in [2.75, 3.05) is 0 Å². The summed E-state index contributed by atoms with van der Waals surface area (Å²) in [7, 11) is 0. The Labute approximate surface area is 82.7 Å². The highest BCUT2D eigenvalue weighted by atomic mass is 35.5. The molecule has 1 aromatic rings. The molecule has 72 valence electrons. The maximum absolute atomic E-state index is 13.2. The van der Waals surface area contributed by atoms with Crippen LogP contribution in [0.4, 0.5) is 4.39 Å². The zero-order valence-electron chi connectivity index (χ0n) is 7.50. The van der Waals surface area contributed by atoms with E-state index in [2.05, 4.69) is 0 Å². The highest BCUT2D eigenvalue weighted by Gasteiger charge is 2.13. The number of benzene rings is 1. The Morgan fingerprint density at radius 1 is 1.46 bits per heavy atom. The molecule has 0 bridgehead atoms. The van der Waals surface area contributed by atoms with Gasteiger partial charge in [-0.3, -0.25) is 0 Å². The zero-order chi connectivity index (χ0) is 9.84. The molecule has 2 atom stereocenters. The van der Waals surface area contributed by atoms with E-state index in [1.54, 1.807) is 13.0 Å². The molecule has 1 rings (SSSR count). The van der Waals surface area contributed by atoms with Crippen molar-refractivity contribution >= 4 is 11.6 Å². The van der Waals surface area contributed by atoms with Crippen LogP contribution in [0, 0.1) is 0 Å². The van der Waals surface area contributed by atoms with Gasteiger partial charge in [0.05, 0.1) is 0 Å². The van der Waals surface area contributed by atoms with Crippen LogP contribution in [0.25, 0.3) is 0 Å². The first kappa shape index (κ1) is 10.5. The number of alkyl halides is 1. The van der Waals surface area contributed by atoms with Gasteiger partial charge < -0.3 is 5.73 Å². The second-order valence-corrected chi connectivity index (χ2v) is 3.58. The van der Waals surface area contributed by atoms with Crippen LogP contribution in [0.1, 0.15) is 12.5 Å². The van der Waals surface area contributed by atoms with Gasteiger partial charge in [0, 0.05) is 17.5 Å². The zero-order valence-corrected chi connectivity index (χ0v) is 8.26. The van der Waals surface area contributed by atoms with E-state index in [0.717, 1.165) is 5.56 Å². The molecule has 0 aromatic heterocycles. The number of rotatable bonds is 3. The molecule has 0 fully saturated rings. The maximum atomic E-state index is 13.2. The molecule has 13 heavy (non-hydrogen) atoms. The van der Waals surface area contributed by atoms with E-state index < -0.39 is 12.2 Å². The van der Waals surface area contributed by atoms with Gasteiger partial charge in [-0.2, -0.15) is 0 Å². The molecule has 0 saturated heterocycles. The van der Waals surface area contributed by atoms with Gasteiger partial charge >= 0.3 is 0 Å². The van der Waals surface area contributed by atoms with Crippen molar-refractivity contribution in [1.29, 1.82) is 0 Å². The summed E-state index contributed by atoms with van der Waals surface area (Å²) in [4.78, 5) is 0. The smallest absolute Gasteiger partial charge is 0.119 e. The molecule has 2 N–H and O–H groups in total. The van der Waals surface area contributed by atoms with Crippen LogP contribution in [0.15, 0.2) is 24.3 Å². The summed E-state index contributed by atoms with van der Waals surface area (Å²) in [5.41, 5.74) is 6.23.